The number of nitrogens with zero attached hydrogens (tertiary/aromatic N) is 1. The van der Waals surface area contributed by atoms with E-state index >= 15 is 0 Å². The first-order valence-electron chi connectivity index (χ1n) is 5.24. The monoisotopic (exact) mass is 276 g/mol. The molecular formula is C10H13FN2O4S. The molecule has 0 saturated heterocycles. The van der Waals surface area contributed by atoms with Crippen molar-refractivity contribution in [1.82, 2.24) is 9.71 Å². The Hall–Kier alpha value is -1.54. The van der Waals surface area contributed by atoms with Gasteiger partial charge in [-0.05, 0) is 18.9 Å². The highest BCUT2D eigenvalue weighted by molar-refractivity contribution is 7.89. The highest BCUT2D eigenvalue weighted by Crippen LogP contribution is 2.08. The second-order valence-corrected chi connectivity index (χ2v) is 5.35. The van der Waals surface area contributed by atoms with E-state index in [9.17, 15) is 17.6 Å². The molecule has 8 heteroatoms. The van der Waals surface area contributed by atoms with Gasteiger partial charge in [-0.2, -0.15) is 0 Å². The summed E-state index contributed by atoms with van der Waals surface area (Å²) in [4.78, 5) is 13.4. The number of carboxylic acids is 1. The Kier molecular flexibility index (Phi) is 5.17. The number of rotatable bonds is 7. The van der Waals surface area contributed by atoms with Crippen molar-refractivity contribution < 1.29 is 22.7 Å². The molecule has 100 valence electrons. The molecule has 0 spiro atoms. The van der Waals surface area contributed by atoms with Crippen molar-refractivity contribution in [1.29, 1.82) is 0 Å². The van der Waals surface area contributed by atoms with Crippen LogP contribution in [0.3, 0.4) is 0 Å². The van der Waals surface area contributed by atoms with Gasteiger partial charge in [-0.1, -0.05) is 0 Å². The third-order valence-electron chi connectivity index (χ3n) is 2.10. The van der Waals surface area contributed by atoms with Crippen molar-refractivity contribution in [2.24, 2.45) is 0 Å². The van der Waals surface area contributed by atoms with Crippen LogP contribution in [0.2, 0.25) is 0 Å². The third-order valence-corrected chi connectivity index (χ3v) is 3.53. The molecule has 2 N–H and O–H groups in total. The summed E-state index contributed by atoms with van der Waals surface area (Å²) >= 11 is 0. The molecule has 18 heavy (non-hydrogen) atoms. The molecule has 6 nitrogen and oxygen atoms in total. The summed E-state index contributed by atoms with van der Waals surface area (Å²) in [6, 6.07) is 0.868. The SMILES string of the molecule is O=C(O)CCCCNS(=O)(=O)c1cncc(F)c1. The van der Waals surface area contributed by atoms with Gasteiger partial charge in [-0.25, -0.2) is 17.5 Å². The second-order valence-electron chi connectivity index (χ2n) is 3.59. The number of sulfonamides is 1. The number of aromatic nitrogens is 1. The number of unbranched alkanes of at least 4 members (excludes halogenated alkanes) is 1. The Morgan fingerprint density at radius 1 is 1.39 bits per heavy atom. The molecule has 0 bridgehead atoms. The number of pyridine rings is 1. The Balaban J connectivity index is 2.48. The first kappa shape index (κ1) is 14.5. The van der Waals surface area contributed by atoms with E-state index in [0.29, 0.717) is 12.8 Å². The zero-order valence-electron chi connectivity index (χ0n) is 9.47. The van der Waals surface area contributed by atoms with E-state index in [4.69, 9.17) is 5.11 Å². The van der Waals surface area contributed by atoms with E-state index in [1.165, 1.54) is 0 Å². The Morgan fingerprint density at radius 2 is 2.11 bits per heavy atom. The van der Waals surface area contributed by atoms with Crippen molar-refractivity contribution in [2.75, 3.05) is 6.54 Å². The van der Waals surface area contributed by atoms with Gasteiger partial charge in [0.05, 0.1) is 6.20 Å². The van der Waals surface area contributed by atoms with Gasteiger partial charge in [0.25, 0.3) is 0 Å². The number of halogens is 1. The Morgan fingerprint density at radius 3 is 2.72 bits per heavy atom. The van der Waals surface area contributed by atoms with Crippen molar-refractivity contribution >= 4 is 16.0 Å². The maximum atomic E-state index is 12.8. The van der Waals surface area contributed by atoms with E-state index in [2.05, 4.69) is 9.71 Å². The normalized spacial score (nSPS) is 11.4. The third kappa shape index (κ3) is 4.76. The summed E-state index contributed by atoms with van der Waals surface area (Å²) in [6.45, 7) is 0.103. The van der Waals surface area contributed by atoms with Gasteiger partial charge in [0, 0.05) is 19.2 Å². The second kappa shape index (κ2) is 6.41. The number of nitrogens with one attached hydrogen (secondary N) is 1. The van der Waals surface area contributed by atoms with Crippen molar-refractivity contribution in [3.05, 3.63) is 24.3 Å². The van der Waals surface area contributed by atoms with Crippen LogP contribution in [-0.2, 0) is 14.8 Å². The summed E-state index contributed by atoms with van der Waals surface area (Å²) in [5.41, 5.74) is 0. The predicted molar refractivity (Wildman–Crippen MR) is 60.9 cm³/mol. The molecule has 0 unspecified atom stereocenters. The molecule has 0 aliphatic heterocycles. The van der Waals surface area contributed by atoms with Crippen LogP contribution < -0.4 is 4.72 Å². The number of carboxylic acid groups (broad SMARTS) is 1. The number of hydrogen-bond acceptors (Lipinski definition) is 4. The van der Waals surface area contributed by atoms with Crippen molar-refractivity contribution in [2.45, 2.75) is 24.2 Å². The molecular weight excluding hydrogens is 263 g/mol. The van der Waals surface area contributed by atoms with Gasteiger partial charge in [0.15, 0.2) is 0 Å². The fraction of sp³-hybridized carbons (Fsp3) is 0.400. The minimum atomic E-state index is -3.78. The zero-order valence-corrected chi connectivity index (χ0v) is 10.3. The van der Waals surface area contributed by atoms with Gasteiger partial charge in [0.1, 0.15) is 10.7 Å². The highest BCUT2D eigenvalue weighted by Gasteiger charge is 2.14. The maximum Gasteiger partial charge on any atom is 0.303 e. The van der Waals surface area contributed by atoms with Crippen LogP contribution in [0, 0.1) is 5.82 Å². The van der Waals surface area contributed by atoms with Gasteiger partial charge in [-0.3, -0.25) is 9.78 Å². The molecule has 0 radical (unpaired) electrons. The molecule has 1 rings (SSSR count). The van der Waals surface area contributed by atoms with Crippen LogP contribution in [0.15, 0.2) is 23.4 Å². The first-order valence-corrected chi connectivity index (χ1v) is 6.72. The number of carbonyl (C=O) groups is 1. The topological polar surface area (TPSA) is 96.4 Å². The van der Waals surface area contributed by atoms with Gasteiger partial charge in [-0.15, -0.1) is 0 Å². The summed E-state index contributed by atoms with van der Waals surface area (Å²) < 4.78 is 38.4. The van der Waals surface area contributed by atoms with E-state index < -0.39 is 21.8 Å². The number of hydrogen-bond donors (Lipinski definition) is 2. The molecule has 1 heterocycles. The summed E-state index contributed by atoms with van der Waals surface area (Å²) in [5, 5.41) is 8.39. The van der Waals surface area contributed by atoms with Crippen LogP contribution in [0.25, 0.3) is 0 Å². The number of aliphatic carboxylic acids is 1. The van der Waals surface area contributed by atoms with E-state index in [0.717, 1.165) is 18.5 Å². The Labute approximate surface area is 104 Å². The lowest BCUT2D eigenvalue weighted by Crippen LogP contribution is -2.25. The molecule has 0 aromatic carbocycles. The molecule has 0 aliphatic carbocycles. The van der Waals surface area contributed by atoms with Crippen molar-refractivity contribution in [3.8, 4) is 0 Å². The molecule has 1 aromatic heterocycles. The van der Waals surface area contributed by atoms with Crippen LogP contribution in [-0.4, -0.2) is 31.0 Å². The lowest BCUT2D eigenvalue weighted by atomic mass is 10.2. The lowest BCUT2D eigenvalue weighted by molar-refractivity contribution is -0.137. The van der Waals surface area contributed by atoms with E-state index in [-0.39, 0.29) is 17.9 Å². The molecule has 0 amide bonds. The molecule has 0 fully saturated rings. The molecule has 1 aromatic rings. The quantitative estimate of drug-likeness (QED) is 0.716. The minimum absolute atomic E-state index is 0.0107. The fourth-order valence-electron chi connectivity index (χ4n) is 1.23. The predicted octanol–water partition coefficient (Wildman–Crippen LogP) is 0.754. The average Bonchev–Trinajstić information content (AvgIpc) is 2.28. The zero-order chi connectivity index (χ0) is 13.6. The smallest absolute Gasteiger partial charge is 0.303 e. The van der Waals surface area contributed by atoms with Crippen LogP contribution in [0.4, 0.5) is 4.39 Å². The summed E-state index contributed by atoms with van der Waals surface area (Å²) in [6.07, 6.45) is 2.71. The van der Waals surface area contributed by atoms with Crippen LogP contribution >= 0.6 is 0 Å². The maximum absolute atomic E-state index is 12.8. The lowest BCUT2D eigenvalue weighted by Gasteiger charge is -2.05. The highest BCUT2D eigenvalue weighted by atomic mass is 32.2. The first-order chi connectivity index (χ1) is 8.42. The van der Waals surface area contributed by atoms with Gasteiger partial charge in [0.2, 0.25) is 10.0 Å². The largest absolute Gasteiger partial charge is 0.481 e. The summed E-state index contributed by atoms with van der Waals surface area (Å²) in [5.74, 6) is -1.66. The summed E-state index contributed by atoms with van der Waals surface area (Å²) in [7, 11) is -3.78. The fourth-order valence-corrected chi connectivity index (χ4v) is 2.28. The molecule has 0 aliphatic rings. The van der Waals surface area contributed by atoms with Crippen LogP contribution in [0.5, 0.6) is 0 Å². The average molecular weight is 276 g/mol. The molecule has 0 saturated carbocycles. The van der Waals surface area contributed by atoms with Crippen molar-refractivity contribution in [3.63, 3.8) is 0 Å². The van der Waals surface area contributed by atoms with Gasteiger partial charge >= 0.3 is 5.97 Å². The standard InChI is InChI=1S/C10H13FN2O4S/c11-8-5-9(7-12-6-8)18(16,17)13-4-2-1-3-10(14)15/h5-7,13H,1-4H2,(H,14,15). The Bertz CT molecular complexity index is 518. The van der Waals surface area contributed by atoms with Gasteiger partial charge < -0.3 is 5.11 Å². The van der Waals surface area contributed by atoms with E-state index in [1.807, 2.05) is 0 Å². The molecule has 0 atom stereocenters. The minimum Gasteiger partial charge on any atom is -0.481 e. The van der Waals surface area contributed by atoms with E-state index in [1.54, 1.807) is 0 Å². The van der Waals surface area contributed by atoms with Crippen LogP contribution in [0.1, 0.15) is 19.3 Å².